The average Bonchev–Trinajstić information content (AvgIpc) is 2.83. The zero-order valence-corrected chi connectivity index (χ0v) is 12.1. The molecule has 5 nitrogen and oxygen atoms in total. The Morgan fingerprint density at radius 2 is 2.25 bits per heavy atom. The second kappa shape index (κ2) is 4.86. The van der Waals surface area contributed by atoms with Crippen molar-refractivity contribution in [3.8, 4) is 0 Å². The molecule has 1 N–H and O–H groups in total. The molecule has 0 saturated carbocycles. The molecule has 0 bridgehead atoms. The third kappa shape index (κ3) is 2.13. The van der Waals surface area contributed by atoms with Gasteiger partial charge in [-0.05, 0) is 18.9 Å². The number of aliphatic hydroxyl groups is 1. The molecule has 1 unspecified atom stereocenters. The first-order chi connectivity index (χ1) is 9.53. The van der Waals surface area contributed by atoms with Gasteiger partial charge in [0.1, 0.15) is 10.4 Å². The van der Waals surface area contributed by atoms with E-state index in [0.717, 1.165) is 12.8 Å². The summed E-state index contributed by atoms with van der Waals surface area (Å²) in [4.78, 5) is 4.46. The number of aryl methyl sites for hydroxylation is 1. The SMILES string of the molecule is CCCCc1nc2ccc3c(c2o1)S(=O)(=O)CCC3O. The second-order valence-electron chi connectivity index (χ2n) is 5.17. The maximum absolute atomic E-state index is 12.3. The largest absolute Gasteiger partial charge is 0.439 e. The molecule has 1 aromatic carbocycles. The molecule has 0 radical (unpaired) electrons. The Morgan fingerprint density at radius 1 is 1.45 bits per heavy atom. The molecule has 2 aromatic rings. The molecule has 0 fully saturated rings. The van der Waals surface area contributed by atoms with Crippen molar-refractivity contribution in [3.63, 3.8) is 0 Å². The number of fused-ring (bicyclic) bond motifs is 3. The highest BCUT2D eigenvalue weighted by molar-refractivity contribution is 7.91. The van der Waals surface area contributed by atoms with E-state index in [4.69, 9.17) is 4.42 Å². The molecule has 0 spiro atoms. The van der Waals surface area contributed by atoms with Crippen LogP contribution < -0.4 is 0 Å². The summed E-state index contributed by atoms with van der Waals surface area (Å²) in [6.07, 6.45) is 2.15. The summed E-state index contributed by atoms with van der Waals surface area (Å²) in [5, 5.41) is 9.97. The molecule has 0 aliphatic carbocycles. The third-order valence-electron chi connectivity index (χ3n) is 3.66. The van der Waals surface area contributed by atoms with E-state index in [2.05, 4.69) is 11.9 Å². The van der Waals surface area contributed by atoms with Crippen molar-refractivity contribution < 1.29 is 17.9 Å². The van der Waals surface area contributed by atoms with Crippen molar-refractivity contribution in [1.82, 2.24) is 4.98 Å². The van der Waals surface area contributed by atoms with Gasteiger partial charge in [-0.1, -0.05) is 19.4 Å². The lowest BCUT2D eigenvalue weighted by Crippen LogP contribution is -2.20. The number of rotatable bonds is 3. The molecular formula is C14H17NO4S. The highest BCUT2D eigenvalue weighted by Gasteiger charge is 2.33. The van der Waals surface area contributed by atoms with E-state index in [1.54, 1.807) is 12.1 Å². The molecule has 1 atom stereocenters. The summed E-state index contributed by atoms with van der Waals surface area (Å²) in [7, 11) is -3.40. The maximum atomic E-state index is 12.3. The normalized spacial score (nSPS) is 21.0. The number of oxazole rings is 1. The predicted molar refractivity (Wildman–Crippen MR) is 74.3 cm³/mol. The topological polar surface area (TPSA) is 80.4 Å². The molecule has 1 aliphatic rings. The minimum Gasteiger partial charge on any atom is -0.439 e. The van der Waals surface area contributed by atoms with Gasteiger partial charge in [-0.15, -0.1) is 0 Å². The highest BCUT2D eigenvalue weighted by atomic mass is 32.2. The highest BCUT2D eigenvalue weighted by Crippen LogP contribution is 2.37. The van der Waals surface area contributed by atoms with Gasteiger partial charge in [0.25, 0.3) is 0 Å². The first-order valence-corrected chi connectivity index (χ1v) is 8.51. The molecule has 1 aliphatic heterocycles. The quantitative estimate of drug-likeness (QED) is 0.940. The molecule has 6 heteroatoms. The number of aliphatic hydroxyl groups excluding tert-OH is 1. The summed E-state index contributed by atoms with van der Waals surface area (Å²) in [5.41, 5.74) is 1.28. The maximum Gasteiger partial charge on any atom is 0.195 e. The molecule has 1 aromatic heterocycles. The summed E-state index contributed by atoms with van der Waals surface area (Å²) in [6, 6.07) is 3.36. The first kappa shape index (κ1) is 13.6. The Bertz CT molecular complexity index is 748. The summed E-state index contributed by atoms with van der Waals surface area (Å²) in [6.45, 7) is 2.07. The molecule has 2 heterocycles. The Balaban J connectivity index is 2.21. The van der Waals surface area contributed by atoms with E-state index in [-0.39, 0.29) is 17.1 Å². The fourth-order valence-electron chi connectivity index (χ4n) is 2.57. The number of sulfone groups is 1. The van der Waals surface area contributed by atoms with E-state index in [0.29, 0.717) is 29.0 Å². The van der Waals surface area contributed by atoms with E-state index < -0.39 is 15.9 Å². The van der Waals surface area contributed by atoms with E-state index in [9.17, 15) is 13.5 Å². The van der Waals surface area contributed by atoms with Crippen LogP contribution in [0.3, 0.4) is 0 Å². The third-order valence-corrected chi connectivity index (χ3v) is 5.48. The number of unbranched alkanes of at least 4 members (excludes halogenated alkanes) is 1. The van der Waals surface area contributed by atoms with Crippen molar-refractivity contribution >= 4 is 20.9 Å². The van der Waals surface area contributed by atoms with Crippen molar-refractivity contribution in [2.24, 2.45) is 0 Å². The molecule has 0 saturated heterocycles. The molecule has 108 valence electrons. The van der Waals surface area contributed by atoms with Gasteiger partial charge in [-0.3, -0.25) is 0 Å². The number of aromatic nitrogens is 1. The lowest BCUT2D eigenvalue weighted by atomic mass is 10.1. The Labute approximate surface area is 117 Å². The van der Waals surface area contributed by atoms with Crippen LogP contribution in [0.4, 0.5) is 0 Å². The fourth-order valence-corrected chi connectivity index (χ4v) is 4.30. The van der Waals surface area contributed by atoms with Gasteiger partial charge in [0.05, 0.1) is 11.9 Å². The lowest BCUT2D eigenvalue weighted by Gasteiger charge is -2.20. The van der Waals surface area contributed by atoms with Gasteiger partial charge in [0, 0.05) is 12.0 Å². The number of benzene rings is 1. The van der Waals surface area contributed by atoms with Crippen molar-refractivity contribution in [3.05, 3.63) is 23.6 Å². The number of nitrogens with zero attached hydrogens (tertiary/aromatic N) is 1. The Morgan fingerprint density at radius 3 is 3.00 bits per heavy atom. The van der Waals surface area contributed by atoms with Gasteiger partial charge in [0.2, 0.25) is 0 Å². The monoisotopic (exact) mass is 295 g/mol. The Hall–Kier alpha value is -1.40. The minimum atomic E-state index is -3.40. The van der Waals surface area contributed by atoms with Crippen LogP contribution in [0.5, 0.6) is 0 Å². The molecule has 20 heavy (non-hydrogen) atoms. The fraction of sp³-hybridized carbons (Fsp3) is 0.500. The van der Waals surface area contributed by atoms with Crippen LogP contribution >= 0.6 is 0 Å². The van der Waals surface area contributed by atoms with Crippen molar-refractivity contribution in [2.45, 2.75) is 43.6 Å². The van der Waals surface area contributed by atoms with Gasteiger partial charge < -0.3 is 9.52 Å². The number of hydrogen-bond acceptors (Lipinski definition) is 5. The zero-order chi connectivity index (χ0) is 14.3. The first-order valence-electron chi connectivity index (χ1n) is 6.86. The van der Waals surface area contributed by atoms with Crippen LogP contribution in [0.15, 0.2) is 21.4 Å². The summed E-state index contributed by atoms with van der Waals surface area (Å²) < 4.78 is 30.2. The second-order valence-corrected chi connectivity index (χ2v) is 7.21. The van der Waals surface area contributed by atoms with Crippen LogP contribution in [-0.2, 0) is 16.3 Å². The van der Waals surface area contributed by atoms with Crippen LogP contribution in [-0.4, -0.2) is 24.3 Å². The molecule has 3 rings (SSSR count). The average molecular weight is 295 g/mol. The van der Waals surface area contributed by atoms with Crippen LogP contribution in [0.2, 0.25) is 0 Å². The number of hydrogen-bond donors (Lipinski definition) is 1. The predicted octanol–water partition coefficient (Wildman–Crippen LogP) is 2.38. The zero-order valence-electron chi connectivity index (χ0n) is 11.3. The standard InChI is InChI=1S/C14H17NO4S/c1-2-3-4-12-15-10-6-5-9-11(16)7-8-20(17,18)14(9)13(10)19-12/h5-6,11,16H,2-4,7-8H2,1H3. The van der Waals surface area contributed by atoms with Gasteiger partial charge in [0.15, 0.2) is 21.3 Å². The molecular weight excluding hydrogens is 278 g/mol. The van der Waals surface area contributed by atoms with E-state index in [1.807, 2.05) is 0 Å². The van der Waals surface area contributed by atoms with Gasteiger partial charge in [-0.2, -0.15) is 0 Å². The van der Waals surface area contributed by atoms with Crippen molar-refractivity contribution in [1.29, 1.82) is 0 Å². The summed E-state index contributed by atoms with van der Waals surface area (Å²) in [5.74, 6) is 0.510. The van der Waals surface area contributed by atoms with Gasteiger partial charge >= 0.3 is 0 Å². The lowest BCUT2D eigenvalue weighted by molar-refractivity contribution is 0.168. The Kier molecular flexibility index (Phi) is 3.30. The van der Waals surface area contributed by atoms with Crippen LogP contribution in [0.1, 0.15) is 43.7 Å². The van der Waals surface area contributed by atoms with Crippen molar-refractivity contribution in [2.75, 3.05) is 5.75 Å². The van der Waals surface area contributed by atoms with E-state index >= 15 is 0 Å². The molecule has 0 amide bonds. The summed E-state index contributed by atoms with van der Waals surface area (Å²) >= 11 is 0. The minimum absolute atomic E-state index is 0.0503. The van der Waals surface area contributed by atoms with E-state index in [1.165, 1.54) is 0 Å². The smallest absolute Gasteiger partial charge is 0.195 e. The van der Waals surface area contributed by atoms with Crippen LogP contribution in [0, 0.1) is 0 Å². The van der Waals surface area contributed by atoms with Gasteiger partial charge in [-0.25, -0.2) is 13.4 Å². The van der Waals surface area contributed by atoms with Crippen LogP contribution in [0.25, 0.3) is 11.1 Å².